The van der Waals surface area contributed by atoms with Crippen LogP contribution in [0.3, 0.4) is 0 Å². The van der Waals surface area contributed by atoms with Crippen LogP contribution in [0.1, 0.15) is 61.7 Å². The van der Waals surface area contributed by atoms with Crippen LogP contribution in [0.25, 0.3) is 17.4 Å². The van der Waals surface area contributed by atoms with Crippen molar-refractivity contribution in [1.29, 1.82) is 0 Å². The van der Waals surface area contributed by atoms with Gasteiger partial charge in [-0.25, -0.2) is 4.79 Å². The minimum absolute atomic E-state index is 0.00581. The molecule has 0 bridgehead atoms. The lowest BCUT2D eigenvalue weighted by Gasteiger charge is -2.22. The van der Waals surface area contributed by atoms with Gasteiger partial charge in [-0.15, -0.1) is 23.1 Å². The van der Waals surface area contributed by atoms with Gasteiger partial charge < -0.3 is 25.1 Å². The van der Waals surface area contributed by atoms with E-state index in [-0.39, 0.29) is 11.6 Å². The van der Waals surface area contributed by atoms with Gasteiger partial charge in [0.2, 0.25) is 5.91 Å². The van der Waals surface area contributed by atoms with Crippen molar-refractivity contribution in [2.75, 3.05) is 17.7 Å². The monoisotopic (exact) mass is 781 g/mol. The number of ether oxygens (including phenoxy) is 1. The third-order valence-electron chi connectivity index (χ3n) is 9.46. The summed E-state index contributed by atoms with van der Waals surface area (Å²) >= 11 is 2.80. The first kappa shape index (κ1) is 38.1. The molecule has 3 amide bonds. The average molecular weight is 782 g/mol. The molecule has 56 heavy (non-hydrogen) atoms. The summed E-state index contributed by atoms with van der Waals surface area (Å²) in [6.07, 6.45) is 3.93. The number of amides is 3. The lowest BCUT2D eigenvalue weighted by Crippen LogP contribution is -2.30. The van der Waals surface area contributed by atoms with Gasteiger partial charge in [0.15, 0.2) is 0 Å². The number of carbonyl (C=O) groups excluding carboxylic acids is 4. The topological polar surface area (TPSA) is 127 Å². The summed E-state index contributed by atoms with van der Waals surface area (Å²) in [4.78, 5) is 55.1. The number of hydrogen-bond donors (Lipinski definition) is 3. The van der Waals surface area contributed by atoms with Crippen molar-refractivity contribution in [2.45, 2.75) is 42.2 Å². The smallest absolute Gasteiger partial charge is 0.341 e. The van der Waals surface area contributed by atoms with Crippen LogP contribution in [0.5, 0.6) is 0 Å². The molecule has 4 aromatic carbocycles. The van der Waals surface area contributed by atoms with Crippen LogP contribution in [0, 0.1) is 0 Å². The zero-order valence-electron chi connectivity index (χ0n) is 30.7. The second kappa shape index (κ2) is 17.5. The van der Waals surface area contributed by atoms with E-state index in [4.69, 9.17) is 9.15 Å². The van der Waals surface area contributed by atoms with Crippen molar-refractivity contribution >= 4 is 63.6 Å². The van der Waals surface area contributed by atoms with Crippen LogP contribution in [0.2, 0.25) is 0 Å². The Morgan fingerprint density at radius 3 is 2.21 bits per heavy atom. The summed E-state index contributed by atoms with van der Waals surface area (Å²) in [5, 5.41) is 8.62. The van der Waals surface area contributed by atoms with Gasteiger partial charge in [0.25, 0.3) is 11.8 Å². The van der Waals surface area contributed by atoms with Crippen LogP contribution in [0.4, 0.5) is 10.7 Å². The van der Waals surface area contributed by atoms with E-state index in [0.29, 0.717) is 39.3 Å². The number of hydrogen-bond acceptors (Lipinski definition) is 8. The summed E-state index contributed by atoms with van der Waals surface area (Å²) in [5.41, 5.74) is 4.43. The Labute approximate surface area is 333 Å². The molecule has 1 aliphatic carbocycles. The Balaban J connectivity index is 1.02. The van der Waals surface area contributed by atoms with E-state index >= 15 is 0 Å². The van der Waals surface area contributed by atoms with E-state index in [1.165, 1.54) is 41.8 Å². The molecule has 3 N–H and O–H groups in total. The molecule has 2 atom stereocenters. The van der Waals surface area contributed by atoms with Crippen molar-refractivity contribution in [3.8, 4) is 11.3 Å². The molecule has 0 saturated heterocycles. The Kier molecular flexibility index (Phi) is 11.9. The maximum Gasteiger partial charge on any atom is 0.341 e. The summed E-state index contributed by atoms with van der Waals surface area (Å²) in [6.45, 7) is 1.80. The molecular weight excluding hydrogens is 743 g/mol. The molecule has 0 saturated carbocycles. The number of nitrogens with one attached hydrogen (secondary N) is 3. The van der Waals surface area contributed by atoms with Crippen molar-refractivity contribution in [1.82, 2.24) is 5.32 Å². The number of thioether (sulfide) groups is 1. The number of fused-ring (bicyclic) bond motifs is 1. The number of anilines is 2. The molecule has 0 unspecified atom stereocenters. The van der Waals surface area contributed by atoms with E-state index in [0.717, 1.165) is 40.2 Å². The Bertz CT molecular complexity index is 2370. The highest BCUT2D eigenvalue weighted by Crippen LogP contribution is 2.43. The number of benzene rings is 4. The van der Waals surface area contributed by atoms with Crippen molar-refractivity contribution < 1.29 is 28.3 Å². The lowest BCUT2D eigenvalue weighted by atomic mass is 9.83. The molecule has 1 aliphatic rings. The second-order valence-electron chi connectivity index (χ2n) is 13.2. The first-order valence-electron chi connectivity index (χ1n) is 18.2. The van der Waals surface area contributed by atoms with Gasteiger partial charge in [-0.2, -0.15) is 0 Å². The first-order chi connectivity index (χ1) is 27.2. The standard InChI is InChI=1S/C45H39N3O6S2/c1-28(41(49)48-44-40(45(52)53-2)36-24-18-32(26-39(36)56-44)29-12-6-3-7-13-29)55-35-22-19-33(20-23-35)46-43(51)37(47-42(50)31-16-10-5-11-17-31)27-34-21-25-38(54-34)30-14-8-4-9-15-30/h3-17,19-23,25,27-28,32H,18,24,26H2,1-2H3,(H,46,51)(H,47,50)(H,48,49)/b37-27+/t28-,32+/m1/s1. The molecule has 11 heteroatoms. The van der Waals surface area contributed by atoms with Gasteiger partial charge in [-0.05, 0) is 91.8 Å². The Hall–Kier alpha value is -6.17. The molecule has 0 fully saturated rings. The fourth-order valence-corrected chi connectivity index (χ4v) is 8.75. The van der Waals surface area contributed by atoms with E-state index in [1.807, 2.05) is 60.7 Å². The maximum absolute atomic E-state index is 13.6. The molecule has 2 aromatic heterocycles. The normalized spacial score (nSPS) is 14.2. The predicted molar refractivity (Wildman–Crippen MR) is 222 cm³/mol. The molecule has 0 spiro atoms. The molecule has 7 rings (SSSR count). The van der Waals surface area contributed by atoms with Gasteiger partial charge in [0.05, 0.1) is 17.9 Å². The molecular formula is C45H39N3O6S2. The Morgan fingerprint density at radius 2 is 1.52 bits per heavy atom. The number of furan rings is 1. The van der Waals surface area contributed by atoms with Crippen LogP contribution >= 0.6 is 23.1 Å². The SMILES string of the molecule is COC(=O)c1c(NC(=O)[C@@H](C)Sc2ccc(NC(=O)/C(=C\c3ccc(-c4ccccc4)o3)NC(=O)c3ccccc3)cc2)sc2c1CC[C@H](c1ccccc1)C2. The number of esters is 1. The van der Waals surface area contributed by atoms with Crippen LogP contribution in [-0.2, 0) is 27.2 Å². The molecule has 282 valence electrons. The first-order valence-corrected chi connectivity index (χ1v) is 19.9. The lowest BCUT2D eigenvalue weighted by molar-refractivity contribution is -0.115. The zero-order chi connectivity index (χ0) is 39.0. The van der Waals surface area contributed by atoms with Gasteiger partial charge in [-0.3, -0.25) is 14.4 Å². The minimum atomic E-state index is -0.546. The third-order valence-corrected chi connectivity index (χ3v) is 11.7. The maximum atomic E-state index is 13.6. The van der Waals surface area contributed by atoms with Gasteiger partial charge in [0.1, 0.15) is 22.2 Å². The fraction of sp³-hybridized carbons (Fsp3) is 0.156. The summed E-state index contributed by atoms with van der Waals surface area (Å²) in [7, 11) is 1.36. The highest BCUT2D eigenvalue weighted by Gasteiger charge is 2.31. The van der Waals surface area contributed by atoms with Crippen molar-refractivity contribution in [3.05, 3.63) is 166 Å². The predicted octanol–water partition coefficient (Wildman–Crippen LogP) is 9.60. The van der Waals surface area contributed by atoms with Crippen molar-refractivity contribution in [2.24, 2.45) is 0 Å². The molecule has 0 radical (unpaired) electrons. The molecule has 9 nitrogen and oxygen atoms in total. The summed E-state index contributed by atoms with van der Waals surface area (Å²) < 4.78 is 11.1. The summed E-state index contributed by atoms with van der Waals surface area (Å²) in [6, 6.07) is 39.2. The zero-order valence-corrected chi connectivity index (χ0v) is 32.4. The number of rotatable bonds is 12. The van der Waals surface area contributed by atoms with Crippen LogP contribution in [-0.4, -0.2) is 36.1 Å². The largest absolute Gasteiger partial charge is 0.465 e. The molecule has 0 aliphatic heterocycles. The van der Waals surface area contributed by atoms with Crippen molar-refractivity contribution in [3.63, 3.8) is 0 Å². The van der Waals surface area contributed by atoms with E-state index in [2.05, 4.69) is 28.1 Å². The van der Waals surface area contributed by atoms with E-state index < -0.39 is 23.0 Å². The van der Waals surface area contributed by atoms with E-state index in [1.54, 1.807) is 61.5 Å². The fourth-order valence-electron chi connectivity index (χ4n) is 6.56. The minimum Gasteiger partial charge on any atom is -0.465 e. The molecule has 6 aromatic rings. The molecule has 2 heterocycles. The number of thiophene rings is 1. The van der Waals surface area contributed by atoms with Gasteiger partial charge in [-0.1, -0.05) is 78.9 Å². The number of carbonyl (C=O) groups is 4. The number of methoxy groups -OCH3 is 1. The summed E-state index contributed by atoms with van der Waals surface area (Å²) in [5.74, 6) is -0.329. The highest BCUT2D eigenvalue weighted by atomic mass is 32.2. The van der Waals surface area contributed by atoms with Gasteiger partial charge >= 0.3 is 5.97 Å². The Morgan fingerprint density at radius 1 is 0.839 bits per heavy atom. The van der Waals surface area contributed by atoms with Crippen LogP contribution in [0.15, 0.2) is 142 Å². The van der Waals surface area contributed by atoms with Gasteiger partial charge in [0, 0.05) is 32.7 Å². The second-order valence-corrected chi connectivity index (χ2v) is 15.7. The quantitative estimate of drug-likeness (QED) is 0.0641. The highest BCUT2D eigenvalue weighted by molar-refractivity contribution is 8.00. The third kappa shape index (κ3) is 9.02. The van der Waals surface area contributed by atoms with E-state index in [9.17, 15) is 19.2 Å². The average Bonchev–Trinajstić information content (AvgIpc) is 3.86. The van der Waals surface area contributed by atoms with Crippen LogP contribution < -0.4 is 16.0 Å².